The van der Waals surface area contributed by atoms with E-state index in [-0.39, 0.29) is 16.6 Å². The van der Waals surface area contributed by atoms with Crippen molar-refractivity contribution in [3.05, 3.63) is 47.5 Å². The smallest absolute Gasteiger partial charge is 0.238 e. The van der Waals surface area contributed by atoms with Gasteiger partial charge in [0, 0.05) is 10.6 Å². The molecule has 0 saturated heterocycles. The number of primary sulfonamides is 1. The lowest BCUT2D eigenvalue weighted by Gasteiger charge is -2.12. The van der Waals surface area contributed by atoms with E-state index >= 15 is 0 Å². The Morgan fingerprint density at radius 2 is 1.85 bits per heavy atom. The number of rotatable bonds is 7. The normalized spacial score (nSPS) is 11.2. The minimum atomic E-state index is -3.83. The predicted octanol–water partition coefficient (Wildman–Crippen LogP) is 3.08. The minimum absolute atomic E-state index is 0.0185. The van der Waals surface area contributed by atoms with Gasteiger partial charge in [-0.1, -0.05) is 0 Å². The first-order valence-corrected chi connectivity index (χ1v) is 10.5. The van der Waals surface area contributed by atoms with Crippen LogP contribution in [0.5, 0.6) is 5.75 Å². The van der Waals surface area contributed by atoms with E-state index in [0.29, 0.717) is 12.3 Å². The zero-order chi connectivity index (χ0) is 19.3. The van der Waals surface area contributed by atoms with E-state index in [1.807, 2.05) is 38.1 Å². The van der Waals surface area contributed by atoms with Crippen LogP contribution in [0.15, 0.2) is 46.2 Å². The third kappa shape index (κ3) is 5.48. The maximum absolute atomic E-state index is 12.2. The Morgan fingerprint density at radius 3 is 2.42 bits per heavy atom. The number of hydrogen-bond donors (Lipinski definition) is 2. The fraction of sp³-hybridized carbons (Fsp3) is 0.278. The van der Waals surface area contributed by atoms with Crippen molar-refractivity contribution in [2.75, 3.05) is 17.7 Å². The average Bonchev–Trinajstić information content (AvgIpc) is 2.57. The molecule has 0 bridgehead atoms. The summed E-state index contributed by atoms with van der Waals surface area (Å²) in [5, 5.41) is 7.95. The van der Waals surface area contributed by atoms with Crippen LogP contribution in [-0.4, -0.2) is 26.7 Å². The van der Waals surface area contributed by atoms with Crippen LogP contribution in [0, 0.1) is 13.8 Å². The van der Waals surface area contributed by atoms with E-state index in [1.165, 1.54) is 23.9 Å². The zero-order valence-electron chi connectivity index (χ0n) is 14.9. The highest BCUT2D eigenvalue weighted by Gasteiger charge is 2.14. The molecule has 6 nitrogen and oxygen atoms in total. The van der Waals surface area contributed by atoms with Crippen LogP contribution in [0.1, 0.15) is 18.1 Å². The van der Waals surface area contributed by atoms with Crippen molar-refractivity contribution >= 4 is 33.4 Å². The Morgan fingerprint density at radius 1 is 1.19 bits per heavy atom. The molecule has 0 aliphatic heterocycles. The lowest BCUT2D eigenvalue weighted by atomic mass is 10.1. The van der Waals surface area contributed by atoms with Crippen molar-refractivity contribution in [3.63, 3.8) is 0 Å². The number of carbonyl (C=O) groups is 1. The average molecular weight is 395 g/mol. The molecule has 0 aromatic heterocycles. The molecule has 2 aromatic rings. The van der Waals surface area contributed by atoms with Gasteiger partial charge in [0.05, 0.1) is 17.3 Å². The van der Waals surface area contributed by atoms with Crippen molar-refractivity contribution in [3.8, 4) is 5.75 Å². The molecular formula is C18H22N2O4S2. The van der Waals surface area contributed by atoms with Crippen LogP contribution in [0.3, 0.4) is 0 Å². The van der Waals surface area contributed by atoms with Crippen LogP contribution in [-0.2, 0) is 14.8 Å². The third-order valence-corrected chi connectivity index (χ3v) is 5.65. The van der Waals surface area contributed by atoms with Crippen molar-refractivity contribution < 1.29 is 17.9 Å². The molecule has 0 radical (unpaired) electrons. The summed E-state index contributed by atoms with van der Waals surface area (Å²) in [6.07, 6.45) is 0. The largest absolute Gasteiger partial charge is 0.494 e. The standard InChI is InChI=1S/C18H22N2O4S2/c1-4-24-14-5-7-15(8-6-14)25-11-18(21)20-17-10-16(26(19,22)23)9-12(2)13(17)3/h5-10H,4,11H2,1-3H3,(H,20,21)(H2,19,22,23). The van der Waals surface area contributed by atoms with Crippen molar-refractivity contribution in [2.45, 2.75) is 30.6 Å². The highest BCUT2D eigenvalue weighted by atomic mass is 32.2. The molecular weight excluding hydrogens is 372 g/mol. The molecule has 0 atom stereocenters. The lowest BCUT2D eigenvalue weighted by molar-refractivity contribution is -0.113. The summed E-state index contributed by atoms with van der Waals surface area (Å²) >= 11 is 1.38. The second-order valence-electron chi connectivity index (χ2n) is 5.70. The third-order valence-electron chi connectivity index (χ3n) is 3.75. The summed E-state index contributed by atoms with van der Waals surface area (Å²) in [6, 6.07) is 10.4. The summed E-state index contributed by atoms with van der Waals surface area (Å²) < 4.78 is 28.5. The van der Waals surface area contributed by atoms with Crippen molar-refractivity contribution in [1.29, 1.82) is 0 Å². The molecule has 0 saturated carbocycles. The Kier molecular flexibility index (Phi) is 6.69. The summed E-state index contributed by atoms with van der Waals surface area (Å²) in [7, 11) is -3.83. The van der Waals surface area contributed by atoms with Gasteiger partial charge in [-0.15, -0.1) is 11.8 Å². The van der Waals surface area contributed by atoms with Gasteiger partial charge < -0.3 is 10.1 Å². The predicted molar refractivity (Wildman–Crippen MR) is 104 cm³/mol. The van der Waals surface area contributed by atoms with Crippen LogP contribution in [0.4, 0.5) is 5.69 Å². The number of anilines is 1. The second kappa shape index (κ2) is 8.57. The Balaban J connectivity index is 2.04. The Bertz CT molecular complexity index is 894. The molecule has 26 heavy (non-hydrogen) atoms. The number of ether oxygens (including phenoxy) is 1. The number of nitrogens with two attached hydrogens (primary N) is 1. The number of carbonyl (C=O) groups excluding carboxylic acids is 1. The van der Waals surface area contributed by atoms with Gasteiger partial charge in [0.15, 0.2) is 0 Å². The van der Waals surface area contributed by atoms with Gasteiger partial charge >= 0.3 is 0 Å². The molecule has 0 aliphatic rings. The minimum Gasteiger partial charge on any atom is -0.494 e. The van der Waals surface area contributed by atoms with Crippen LogP contribution in [0.2, 0.25) is 0 Å². The van der Waals surface area contributed by atoms with Gasteiger partial charge in [-0.25, -0.2) is 13.6 Å². The number of amides is 1. The molecule has 8 heteroatoms. The summed E-state index contributed by atoms with van der Waals surface area (Å²) in [4.78, 5) is 13.2. The van der Waals surface area contributed by atoms with Crippen molar-refractivity contribution in [1.82, 2.24) is 0 Å². The zero-order valence-corrected chi connectivity index (χ0v) is 16.5. The van der Waals surface area contributed by atoms with Crippen LogP contribution in [0.25, 0.3) is 0 Å². The number of sulfonamides is 1. The number of benzene rings is 2. The molecule has 0 fully saturated rings. The van der Waals surface area contributed by atoms with E-state index in [9.17, 15) is 13.2 Å². The van der Waals surface area contributed by atoms with Gasteiger partial charge in [-0.2, -0.15) is 0 Å². The van der Waals surface area contributed by atoms with Gasteiger partial charge in [0.1, 0.15) is 5.75 Å². The first kappa shape index (κ1) is 20.3. The second-order valence-corrected chi connectivity index (χ2v) is 8.31. The summed E-state index contributed by atoms with van der Waals surface area (Å²) in [5.41, 5.74) is 1.99. The maximum atomic E-state index is 12.2. The van der Waals surface area contributed by atoms with E-state index in [1.54, 1.807) is 6.92 Å². The molecule has 0 spiro atoms. The first-order valence-electron chi connectivity index (χ1n) is 8.00. The molecule has 140 valence electrons. The topological polar surface area (TPSA) is 98.5 Å². The van der Waals surface area contributed by atoms with E-state index in [0.717, 1.165) is 21.8 Å². The Hall–Kier alpha value is -2.03. The number of hydrogen-bond acceptors (Lipinski definition) is 5. The molecule has 3 N–H and O–H groups in total. The fourth-order valence-electron chi connectivity index (χ4n) is 2.25. The maximum Gasteiger partial charge on any atom is 0.238 e. The fourth-order valence-corrected chi connectivity index (χ4v) is 3.58. The number of aryl methyl sites for hydroxylation is 1. The highest BCUT2D eigenvalue weighted by molar-refractivity contribution is 8.00. The molecule has 0 aliphatic carbocycles. The molecule has 2 rings (SSSR count). The SMILES string of the molecule is CCOc1ccc(SCC(=O)Nc2cc(S(N)(=O)=O)cc(C)c2C)cc1. The van der Waals surface area contributed by atoms with E-state index in [2.05, 4.69) is 5.32 Å². The van der Waals surface area contributed by atoms with Crippen LogP contribution < -0.4 is 15.2 Å². The monoisotopic (exact) mass is 394 g/mol. The highest BCUT2D eigenvalue weighted by Crippen LogP contribution is 2.25. The quantitative estimate of drug-likeness (QED) is 0.703. The van der Waals surface area contributed by atoms with Gasteiger partial charge in [0.2, 0.25) is 15.9 Å². The first-order chi connectivity index (χ1) is 12.2. The molecule has 1 amide bonds. The summed E-state index contributed by atoms with van der Waals surface area (Å²) in [5.74, 6) is 0.761. The van der Waals surface area contributed by atoms with Gasteiger partial charge in [0.25, 0.3) is 0 Å². The van der Waals surface area contributed by atoms with E-state index in [4.69, 9.17) is 9.88 Å². The molecule has 2 aromatic carbocycles. The molecule has 0 unspecified atom stereocenters. The molecule has 0 heterocycles. The van der Waals surface area contributed by atoms with Crippen molar-refractivity contribution in [2.24, 2.45) is 5.14 Å². The number of nitrogens with one attached hydrogen (secondary N) is 1. The summed E-state index contributed by atoms with van der Waals surface area (Å²) in [6.45, 7) is 6.11. The van der Waals surface area contributed by atoms with Crippen LogP contribution >= 0.6 is 11.8 Å². The van der Waals surface area contributed by atoms with Gasteiger partial charge in [-0.3, -0.25) is 4.79 Å². The van der Waals surface area contributed by atoms with Gasteiger partial charge in [-0.05, 0) is 68.3 Å². The van der Waals surface area contributed by atoms with E-state index < -0.39 is 10.0 Å². The lowest BCUT2D eigenvalue weighted by Crippen LogP contribution is -2.17. The number of thioether (sulfide) groups is 1. The Labute approximate surface area is 158 Å².